The number of ether oxygens (including phenoxy) is 4. The predicted molar refractivity (Wildman–Crippen MR) is 255 cm³/mol. The lowest BCUT2D eigenvalue weighted by Gasteiger charge is -2.38. The van der Waals surface area contributed by atoms with Gasteiger partial charge in [0.05, 0.1) is 21.1 Å². The number of fused-ring (bicyclic) bond motifs is 7. The first-order chi connectivity index (χ1) is 31.7. The van der Waals surface area contributed by atoms with E-state index in [0.29, 0.717) is 94.0 Å². The Morgan fingerprint density at radius 1 is 0.970 bits per heavy atom. The van der Waals surface area contributed by atoms with Gasteiger partial charge in [-0.2, -0.15) is 0 Å². The summed E-state index contributed by atoms with van der Waals surface area (Å²) in [5, 5.41) is 12.0. The summed E-state index contributed by atoms with van der Waals surface area (Å²) in [6.45, 7) is 14.3. The zero-order valence-electron chi connectivity index (χ0n) is 37.6. The molecule has 4 aliphatic rings. The van der Waals surface area contributed by atoms with Crippen LogP contribution in [-0.2, 0) is 17.8 Å². The average Bonchev–Trinajstić information content (AvgIpc) is 3.68. The SMILES string of the molecule is Cc1c(Cl)c2c(Cl)c(C)c1-c1c(-c3ccc(F)cc3)sc3ncnc(c13)O[C@@H](C(=O)O)Cc1cc(ccc1OCc1ccnc(N3CCCC(C)(C)C3)n1)OC[C@@H](CN1CCN(C)CC1)O2. The van der Waals surface area contributed by atoms with E-state index < -0.39 is 24.0 Å². The summed E-state index contributed by atoms with van der Waals surface area (Å²) in [6.07, 6.45) is 3.19. The van der Waals surface area contributed by atoms with Gasteiger partial charge < -0.3 is 33.9 Å². The molecule has 2 fully saturated rings. The summed E-state index contributed by atoms with van der Waals surface area (Å²) < 4.78 is 40.7. The van der Waals surface area contributed by atoms with Crippen LogP contribution < -0.4 is 23.8 Å². The van der Waals surface area contributed by atoms with Crippen LogP contribution in [0.15, 0.2) is 61.1 Å². The number of hydrogen-bond donors (Lipinski definition) is 1. The molecule has 3 aromatic heterocycles. The van der Waals surface area contributed by atoms with Crippen molar-refractivity contribution >= 4 is 56.7 Å². The topological polar surface area (TPSA) is 136 Å². The fourth-order valence-electron chi connectivity index (χ4n) is 9.08. The van der Waals surface area contributed by atoms with Crippen molar-refractivity contribution in [3.63, 3.8) is 0 Å². The molecular formula is C49H52Cl2FN7O6S. The molecule has 10 rings (SSSR count). The minimum Gasteiger partial charge on any atom is -0.490 e. The molecule has 1 N–H and O–H groups in total. The molecule has 3 aromatic carbocycles. The first kappa shape index (κ1) is 45.8. The third kappa shape index (κ3) is 9.73. The molecule has 0 aliphatic carbocycles. The largest absolute Gasteiger partial charge is 0.490 e. The van der Waals surface area contributed by atoms with E-state index in [-0.39, 0.29) is 30.9 Å². The number of nitrogens with zero attached hydrogens (tertiary/aromatic N) is 7. The van der Waals surface area contributed by atoms with Crippen molar-refractivity contribution in [1.82, 2.24) is 29.7 Å². The van der Waals surface area contributed by atoms with Crippen LogP contribution in [0.1, 0.15) is 49.1 Å². The zero-order valence-corrected chi connectivity index (χ0v) is 39.9. The highest BCUT2D eigenvalue weighted by Gasteiger charge is 2.33. The highest BCUT2D eigenvalue weighted by Crippen LogP contribution is 2.53. The van der Waals surface area contributed by atoms with E-state index >= 15 is 0 Å². The molecule has 0 amide bonds. The van der Waals surface area contributed by atoms with Crippen molar-refractivity contribution in [1.29, 1.82) is 0 Å². The maximum Gasteiger partial charge on any atom is 0.345 e. The maximum absolute atomic E-state index is 14.4. The maximum atomic E-state index is 14.4. The van der Waals surface area contributed by atoms with Crippen molar-refractivity contribution in [2.45, 2.75) is 65.8 Å². The summed E-state index contributed by atoms with van der Waals surface area (Å²) in [4.78, 5) is 40.1. The molecule has 0 saturated carbocycles. The van der Waals surface area contributed by atoms with Gasteiger partial charge in [-0.25, -0.2) is 29.1 Å². The molecule has 0 radical (unpaired) electrons. The van der Waals surface area contributed by atoms with Crippen molar-refractivity contribution in [2.75, 3.05) is 64.4 Å². The summed E-state index contributed by atoms with van der Waals surface area (Å²) in [6, 6.07) is 13.3. The van der Waals surface area contributed by atoms with Gasteiger partial charge in [-0.1, -0.05) is 49.2 Å². The standard InChI is InChI=1S/C49H52Cl2FN7O6S/c1-28-38-29(2)42(51)43(41(28)50)64-35(23-58-19-17-57(5)18-20-58)25-62-34-11-12-36(63-24-33-13-15-53-48(56-33)59-16-6-14-49(3,4)26-59)31(21-34)22-37(47(60)61)65-45-40-39(38)44(66-46(40)55-27-54-45)30-7-9-32(52)10-8-30/h7-13,15,21,27,35,37H,6,14,16-20,22-26H2,1-5H3,(H,60,61)/t35-,37-/m1/s1. The minimum absolute atomic E-state index is 0.0409. The molecule has 6 aromatic rings. The summed E-state index contributed by atoms with van der Waals surface area (Å²) in [5.41, 5.74) is 4.67. The Labute approximate surface area is 397 Å². The molecule has 4 aliphatic heterocycles. The van der Waals surface area contributed by atoms with Gasteiger partial charge in [0, 0.05) is 74.4 Å². The Hall–Kier alpha value is -5.32. The number of halogens is 3. The molecule has 13 nitrogen and oxygen atoms in total. The first-order valence-corrected chi connectivity index (χ1v) is 23.7. The molecule has 2 atom stereocenters. The van der Waals surface area contributed by atoms with Crippen LogP contribution in [0.3, 0.4) is 0 Å². The molecule has 0 unspecified atom stereocenters. The molecular weight excluding hydrogens is 905 g/mol. The van der Waals surface area contributed by atoms with E-state index in [1.807, 2.05) is 19.9 Å². The third-order valence-corrected chi connectivity index (χ3v) is 14.7. The Morgan fingerprint density at radius 3 is 2.45 bits per heavy atom. The smallest absolute Gasteiger partial charge is 0.345 e. The molecule has 346 valence electrons. The number of likely N-dealkylation sites (N-methyl/N-ethyl adjacent to an activating group) is 1. The number of carboxylic acids is 1. The number of anilines is 1. The van der Waals surface area contributed by atoms with Crippen LogP contribution in [0.25, 0.3) is 31.8 Å². The lowest BCUT2D eigenvalue weighted by atomic mass is 9.84. The number of thiophene rings is 1. The number of carboxylic acid groups (broad SMARTS) is 1. The number of hydrogen-bond acceptors (Lipinski definition) is 13. The average molecular weight is 957 g/mol. The van der Waals surface area contributed by atoms with E-state index in [1.54, 1.807) is 36.5 Å². The molecule has 66 heavy (non-hydrogen) atoms. The fourth-order valence-corrected chi connectivity index (χ4v) is 10.7. The highest BCUT2D eigenvalue weighted by molar-refractivity contribution is 7.22. The lowest BCUT2D eigenvalue weighted by molar-refractivity contribution is -0.145. The Kier molecular flexibility index (Phi) is 13.3. The lowest BCUT2D eigenvalue weighted by Crippen LogP contribution is -2.49. The number of benzene rings is 3. The second-order valence-electron chi connectivity index (χ2n) is 18.2. The van der Waals surface area contributed by atoms with Crippen LogP contribution >= 0.6 is 34.5 Å². The fraction of sp³-hybridized carbons (Fsp3) is 0.408. The van der Waals surface area contributed by atoms with Crippen LogP contribution in [-0.4, -0.2) is 112 Å². The Morgan fingerprint density at radius 2 is 1.73 bits per heavy atom. The van der Waals surface area contributed by atoms with Gasteiger partial charge in [-0.05, 0) is 97.8 Å². The van der Waals surface area contributed by atoms with E-state index in [9.17, 15) is 14.3 Å². The van der Waals surface area contributed by atoms with Crippen LogP contribution in [0, 0.1) is 25.1 Å². The monoisotopic (exact) mass is 955 g/mol. The van der Waals surface area contributed by atoms with Gasteiger partial charge >= 0.3 is 5.97 Å². The number of rotatable bonds is 8. The van der Waals surface area contributed by atoms with E-state index in [0.717, 1.165) is 52.1 Å². The quantitative estimate of drug-likeness (QED) is 0.155. The van der Waals surface area contributed by atoms with Crippen LogP contribution in [0.5, 0.6) is 23.1 Å². The zero-order chi connectivity index (χ0) is 46.3. The third-order valence-electron chi connectivity index (χ3n) is 12.6. The number of piperidine rings is 1. The Balaban J connectivity index is 1.15. The van der Waals surface area contributed by atoms with E-state index in [2.05, 4.69) is 50.5 Å². The second kappa shape index (κ2) is 19.1. The van der Waals surface area contributed by atoms with Crippen molar-refractivity contribution < 1.29 is 33.2 Å². The van der Waals surface area contributed by atoms with Gasteiger partial charge in [-0.15, -0.1) is 11.3 Å². The van der Waals surface area contributed by atoms with E-state index in [4.69, 9.17) is 47.1 Å². The molecule has 2 saturated heterocycles. The highest BCUT2D eigenvalue weighted by atomic mass is 35.5. The number of piperazine rings is 1. The van der Waals surface area contributed by atoms with Gasteiger partial charge in [0.1, 0.15) is 47.8 Å². The summed E-state index contributed by atoms with van der Waals surface area (Å²) in [7, 11) is 2.11. The van der Waals surface area contributed by atoms with Gasteiger partial charge in [0.25, 0.3) is 0 Å². The molecule has 17 heteroatoms. The van der Waals surface area contributed by atoms with Crippen molar-refractivity contribution in [3.8, 4) is 44.7 Å². The summed E-state index contributed by atoms with van der Waals surface area (Å²) in [5.74, 6) is 0.316. The molecule has 7 heterocycles. The number of carbonyl (C=O) groups is 1. The van der Waals surface area contributed by atoms with Crippen LogP contribution in [0.2, 0.25) is 10.0 Å². The second-order valence-corrected chi connectivity index (χ2v) is 19.9. The Bertz CT molecular complexity index is 2740. The van der Waals surface area contributed by atoms with Gasteiger partial charge in [0.15, 0.2) is 5.75 Å². The first-order valence-electron chi connectivity index (χ1n) is 22.2. The van der Waals surface area contributed by atoms with E-state index in [1.165, 1.54) is 29.8 Å². The number of aliphatic carboxylic acids is 1. The van der Waals surface area contributed by atoms with Gasteiger partial charge in [0.2, 0.25) is 17.9 Å². The van der Waals surface area contributed by atoms with Crippen molar-refractivity contribution in [3.05, 3.63) is 99.3 Å². The van der Waals surface area contributed by atoms with Gasteiger partial charge in [-0.3, -0.25) is 4.90 Å². The van der Waals surface area contributed by atoms with Crippen molar-refractivity contribution in [2.24, 2.45) is 5.41 Å². The number of aromatic nitrogens is 4. The summed E-state index contributed by atoms with van der Waals surface area (Å²) >= 11 is 16.0. The van der Waals surface area contributed by atoms with Crippen LogP contribution in [0.4, 0.5) is 10.3 Å². The molecule has 0 spiro atoms. The normalized spacial score (nSPS) is 19.2. The minimum atomic E-state index is -1.45. The predicted octanol–water partition coefficient (Wildman–Crippen LogP) is 9.55. The molecule has 4 bridgehead atoms.